The van der Waals surface area contributed by atoms with E-state index in [0.29, 0.717) is 11.3 Å². The Balaban J connectivity index is 1.77. The van der Waals surface area contributed by atoms with Crippen LogP contribution in [0.3, 0.4) is 0 Å². The van der Waals surface area contributed by atoms with Gasteiger partial charge in [-0.15, -0.1) is 16.9 Å². The van der Waals surface area contributed by atoms with Gasteiger partial charge in [-0.05, 0) is 23.2 Å². The highest BCUT2D eigenvalue weighted by Gasteiger charge is 2.30. The van der Waals surface area contributed by atoms with Gasteiger partial charge in [0.15, 0.2) is 0 Å². The molecule has 3 aromatic rings. The minimum atomic E-state index is -4.32. The van der Waals surface area contributed by atoms with Gasteiger partial charge in [-0.1, -0.05) is 53.0 Å². The van der Waals surface area contributed by atoms with Crippen LogP contribution >= 0.6 is 23.3 Å². The summed E-state index contributed by atoms with van der Waals surface area (Å²) in [5.41, 5.74) is 1.72. The number of halogens is 3. The van der Waals surface area contributed by atoms with Crippen molar-refractivity contribution in [3.05, 3.63) is 65.7 Å². The number of nitrogens with zero attached hydrogens (tertiary/aromatic N) is 2. The summed E-state index contributed by atoms with van der Waals surface area (Å²) >= 11 is 2.70. The summed E-state index contributed by atoms with van der Waals surface area (Å²) in [6, 6.07) is 15.0. The lowest BCUT2D eigenvalue weighted by atomic mass is 10.1. The third-order valence-electron chi connectivity index (χ3n) is 3.13. The fourth-order valence-electron chi connectivity index (χ4n) is 2.04. The van der Waals surface area contributed by atoms with Crippen LogP contribution in [-0.4, -0.2) is 9.59 Å². The lowest BCUT2D eigenvalue weighted by Gasteiger charge is -2.08. The van der Waals surface area contributed by atoms with Crippen molar-refractivity contribution in [2.75, 3.05) is 0 Å². The Morgan fingerprint density at radius 1 is 1.00 bits per heavy atom. The van der Waals surface area contributed by atoms with E-state index in [-0.39, 0.29) is 0 Å². The molecule has 3 rings (SSSR count). The summed E-state index contributed by atoms with van der Waals surface area (Å²) in [5, 5.41) is 4.12. The summed E-state index contributed by atoms with van der Waals surface area (Å²) in [5.74, 6) is 0.438. The summed E-state index contributed by atoms with van der Waals surface area (Å²) in [6.07, 6.45) is -4.32. The highest BCUT2D eigenvalue weighted by Crippen LogP contribution is 2.35. The van der Waals surface area contributed by atoms with E-state index in [1.165, 1.54) is 35.4 Å². The third-order valence-corrected chi connectivity index (χ3v) is 5.16. The van der Waals surface area contributed by atoms with Gasteiger partial charge in [-0.2, -0.15) is 13.2 Å². The van der Waals surface area contributed by atoms with Crippen molar-refractivity contribution in [1.82, 2.24) is 9.59 Å². The quantitative estimate of drug-likeness (QED) is 0.579. The smallest absolute Gasteiger partial charge is 0.166 e. The fraction of sp³-hybridized carbons (Fsp3) is 0.125. The van der Waals surface area contributed by atoms with E-state index < -0.39 is 11.7 Å². The van der Waals surface area contributed by atoms with Crippen LogP contribution in [0.15, 0.2) is 58.8 Å². The highest BCUT2D eigenvalue weighted by atomic mass is 32.2. The van der Waals surface area contributed by atoms with E-state index in [9.17, 15) is 13.2 Å². The molecule has 0 atom stereocenters. The Morgan fingerprint density at radius 3 is 2.52 bits per heavy atom. The first-order valence-corrected chi connectivity index (χ1v) is 8.46. The molecule has 23 heavy (non-hydrogen) atoms. The monoisotopic (exact) mass is 352 g/mol. The number of benzene rings is 2. The van der Waals surface area contributed by atoms with Crippen molar-refractivity contribution in [2.24, 2.45) is 0 Å². The van der Waals surface area contributed by atoms with E-state index in [1.54, 1.807) is 6.07 Å². The Morgan fingerprint density at radius 2 is 1.78 bits per heavy atom. The van der Waals surface area contributed by atoms with Crippen LogP contribution in [0.4, 0.5) is 13.2 Å². The molecule has 0 bridgehead atoms. The molecule has 0 radical (unpaired) electrons. The molecular weight excluding hydrogens is 341 g/mol. The molecular formula is C16H11F3N2S2. The van der Waals surface area contributed by atoms with Gasteiger partial charge in [0.05, 0.1) is 5.56 Å². The van der Waals surface area contributed by atoms with Gasteiger partial charge in [-0.25, -0.2) is 0 Å². The standard InChI is InChI=1S/C16H11F3N2S2/c17-16(18,19)13-8-4-5-11(9-13)10-22-15-14(20-21-23-15)12-6-2-1-3-7-12/h1-9H,10H2. The Kier molecular flexibility index (Phi) is 4.68. The molecule has 1 aromatic heterocycles. The van der Waals surface area contributed by atoms with Crippen LogP contribution in [0, 0.1) is 0 Å². The molecule has 0 spiro atoms. The molecule has 118 valence electrons. The average Bonchev–Trinajstić information content (AvgIpc) is 3.02. The van der Waals surface area contributed by atoms with Gasteiger partial charge in [0.25, 0.3) is 0 Å². The number of thioether (sulfide) groups is 1. The van der Waals surface area contributed by atoms with Crippen LogP contribution in [0.1, 0.15) is 11.1 Å². The first-order valence-electron chi connectivity index (χ1n) is 6.71. The van der Waals surface area contributed by atoms with E-state index in [0.717, 1.165) is 21.5 Å². The van der Waals surface area contributed by atoms with Crippen LogP contribution in [0.5, 0.6) is 0 Å². The predicted molar refractivity (Wildman–Crippen MR) is 86.4 cm³/mol. The fourth-order valence-corrected chi connectivity index (χ4v) is 3.74. The summed E-state index contributed by atoms with van der Waals surface area (Å²) in [4.78, 5) is 0. The zero-order chi connectivity index (χ0) is 16.3. The molecule has 2 aromatic carbocycles. The van der Waals surface area contributed by atoms with Gasteiger partial charge in [-0.3, -0.25) is 0 Å². The lowest BCUT2D eigenvalue weighted by Crippen LogP contribution is -2.04. The van der Waals surface area contributed by atoms with Crippen molar-refractivity contribution in [2.45, 2.75) is 16.1 Å². The molecule has 0 unspecified atom stereocenters. The van der Waals surface area contributed by atoms with E-state index >= 15 is 0 Å². The maximum atomic E-state index is 12.7. The molecule has 0 fully saturated rings. The van der Waals surface area contributed by atoms with Gasteiger partial charge >= 0.3 is 6.18 Å². The second-order valence-electron chi connectivity index (χ2n) is 4.76. The molecule has 0 aliphatic rings. The van der Waals surface area contributed by atoms with Crippen LogP contribution < -0.4 is 0 Å². The first kappa shape index (κ1) is 16.0. The SMILES string of the molecule is FC(F)(F)c1cccc(CSc2snnc2-c2ccccc2)c1. The number of rotatable bonds is 4. The van der Waals surface area contributed by atoms with Crippen molar-refractivity contribution in [3.63, 3.8) is 0 Å². The van der Waals surface area contributed by atoms with Crippen LogP contribution in [0.2, 0.25) is 0 Å². The maximum Gasteiger partial charge on any atom is 0.416 e. The van der Waals surface area contributed by atoms with Crippen LogP contribution in [0.25, 0.3) is 11.3 Å². The number of hydrogen-bond donors (Lipinski definition) is 0. The zero-order valence-electron chi connectivity index (χ0n) is 11.7. The van der Waals surface area contributed by atoms with Crippen molar-refractivity contribution >= 4 is 23.3 Å². The molecule has 0 saturated carbocycles. The average molecular weight is 352 g/mol. The molecule has 0 saturated heterocycles. The normalized spacial score (nSPS) is 11.6. The minimum absolute atomic E-state index is 0.438. The number of aromatic nitrogens is 2. The minimum Gasteiger partial charge on any atom is -0.166 e. The Labute approximate surface area is 139 Å². The van der Waals surface area contributed by atoms with Gasteiger partial charge in [0.2, 0.25) is 0 Å². The Hall–Kier alpha value is -1.86. The lowest BCUT2D eigenvalue weighted by molar-refractivity contribution is -0.137. The van der Waals surface area contributed by atoms with Crippen molar-refractivity contribution in [1.29, 1.82) is 0 Å². The predicted octanol–water partition coefficient (Wildman–Crippen LogP) is 5.52. The van der Waals surface area contributed by atoms with Gasteiger partial charge in [0.1, 0.15) is 9.90 Å². The molecule has 0 N–H and O–H groups in total. The molecule has 7 heteroatoms. The van der Waals surface area contributed by atoms with Gasteiger partial charge < -0.3 is 0 Å². The third kappa shape index (κ3) is 3.92. The second kappa shape index (κ2) is 6.72. The maximum absolute atomic E-state index is 12.7. The van der Waals surface area contributed by atoms with E-state index in [4.69, 9.17) is 0 Å². The summed E-state index contributed by atoms with van der Waals surface area (Å²) < 4.78 is 43.1. The van der Waals surface area contributed by atoms with Crippen LogP contribution in [-0.2, 0) is 11.9 Å². The first-order chi connectivity index (χ1) is 11.0. The van der Waals surface area contributed by atoms with Gasteiger partial charge in [0, 0.05) is 11.3 Å². The molecule has 0 amide bonds. The summed E-state index contributed by atoms with van der Waals surface area (Å²) in [6.45, 7) is 0. The van der Waals surface area contributed by atoms with E-state index in [2.05, 4.69) is 9.59 Å². The molecule has 2 nitrogen and oxygen atoms in total. The van der Waals surface area contributed by atoms with Crippen molar-refractivity contribution in [3.8, 4) is 11.3 Å². The molecule has 0 aliphatic carbocycles. The second-order valence-corrected chi connectivity index (χ2v) is 6.76. The molecule has 0 aliphatic heterocycles. The topological polar surface area (TPSA) is 25.8 Å². The van der Waals surface area contributed by atoms with Crippen molar-refractivity contribution < 1.29 is 13.2 Å². The van der Waals surface area contributed by atoms with E-state index in [1.807, 2.05) is 30.3 Å². The summed E-state index contributed by atoms with van der Waals surface area (Å²) in [7, 11) is 0. The highest BCUT2D eigenvalue weighted by molar-refractivity contribution is 8.00. The largest absolute Gasteiger partial charge is 0.416 e. The number of alkyl halides is 3. The number of hydrogen-bond acceptors (Lipinski definition) is 4. The zero-order valence-corrected chi connectivity index (χ0v) is 13.4. The molecule has 1 heterocycles. The Bertz CT molecular complexity index is 785.